The number of carbonyl (C=O) groups is 1. The number of ketones is 1. The van der Waals surface area contributed by atoms with Gasteiger partial charge in [0.1, 0.15) is 5.78 Å². The molecule has 0 N–H and O–H groups in total. The molecule has 0 heterocycles. The summed E-state index contributed by atoms with van der Waals surface area (Å²) < 4.78 is 29.6. The van der Waals surface area contributed by atoms with Gasteiger partial charge in [-0.3, -0.25) is 4.79 Å². The first-order chi connectivity index (χ1) is 6.23. The van der Waals surface area contributed by atoms with Crippen LogP contribution in [0.5, 0.6) is 0 Å². The lowest BCUT2D eigenvalue weighted by atomic mass is 9.81. The summed E-state index contributed by atoms with van der Waals surface area (Å²) in [5, 5.41) is 8.72. The molecule has 0 aromatic heterocycles. The van der Waals surface area contributed by atoms with Gasteiger partial charge in [0.05, 0.1) is 6.07 Å². The summed E-state index contributed by atoms with van der Waals surface area (Å²) in [6, 6.07) is 1.85. The molecule has 0 aliphatic heterocycles. The fourth-order valence-electron chi connectivity index (χ4n) is 0.895. The van der Waals surface area contributed by atoms with Crippen molar-refractivity contribution in [2.75, 3.05) is 0 Å². The highest BCUT2D eigenvalue weighted by Crippen LogP contribution is 2.26. The summed E-state index contributed by atoms with van der Waals surface area (Å²) in [7, 11) is 0. The monoisotopic (exact) mass is 141 g/mol. The van der Waals surface area contributed by atoms with Crippen molar-refractivity contribution in [3.63, 3.8) is 0 Å². The molecule has 0 amide bonds. The SMILES string of the molecule is [2H]C1([2H])C[C@@H](C#N)[C@@H](C)C([2H])([2H])C1=O. The summed E-state index contributed by atoms with van der Waals surface area (Å²) in [4.78, 5) is 11.4. The van der Waals surface area contributed by atoms with Crippen molar-refractivity contribution in [1.29, 1.82) is 5.26 Å². The van der Waals surface area contributed by atoms with Crippen molar-refractivity contribution < 1.29 is 10.3 Å². The van der Waals surface area contributed by atoms with E-state index in [0.717, 1.165) is 0 Å². The Bertz CT molecular complexity index is 307. The first kappa shape index (κ1) is 3.52. The van der Waals surface area contributed by atoms with E-state index in [1.54, 1.807) is 0 Å². The maximum atomic E-state index is 11.4. The number of Topliss-reactive ketones (excluding diaryl/α,β-unsaturated/α-hetero) is 1. The molecule has 1 rings (SSSR count). The van der Waals surface area contributed by atoms with Crippen LogP contribution in [-0.2, 0) is 4.79 Å². The van der Waals surface area contributed by atoms with Crippen molar-refractivity contribution in [2.45, 2.75) is 26.1 Å². The van der Waals surface area contributed by atoms with Crippen molar-refractivity contribution in [3.05, 3.63) is 0 Å². The number of nitriles is 1. The zero-order valence-electron chi connectivity index (χ0n) is 9.72. The van der Waals surface area contributed by atoms with Crippen molar-refractivity contribution in [2.24, 2.45) is 11.8 Å². The molecule has 1 fully saturated rings. The lowest BCUT2D eigenvalue weighted by molar-refractivity contribution is -0.121. The third kappa shape index (κ3) is 1.36. The highest BCUT2D eigenvalue weighted by Gasteiger charge is 2.25. The molecule has 2 heteroatoms. The van der Waals surface area contributed by atoms with E-state index >= 15 is 0 Å². The van der Waals surface area contributed by atoms with Crippen molar-refractivity contribution in [1.82, 2.24) is 0 Å². The lowest BCUT2D eigenvalue weighted by Gasteiger charge is -2.21. The van der Waals surface area contributed by atoms with Gasteiger partial charge in [-0.15, -0.1) is 0 Å². The molecule has 0 aromatic rings. The predicted molar refractivity (Wildman–Crippen MR) is 37.1 cm³/mol. The minimum atomic E-state index is -2.23. The minimum Gasteiger partial charge on any atom is -0.300 e. The van der Waals surface area contributed by atoms with Gasteiger partial charge in [-0.05, 0) is 12.3 Å². The molecule has 0 spiro atoms. The van der Waals surface area contributed by atoms with E-state index in [9.17, 15) is 4.79 Å². The summed E-state index contributed by atoms with van der Waals surface area (Å²) in [6.07, 6.45) is -4.65. The Morgan fingerprint density at radius 3 is 3.20 bits per heavy atom. The van der Waals surface area contributed by atoms with Gasteiger partial charge in [0.2, 0.25) is 0 Å². The van der Waals surface area contributed by atoms with Crippen LogP contribution in [0.3, 0.4) is 0 Å². The second-order valence-electron chi connectivity index (χ2n) is 2.38. The fourth-order valence-corrected chi connectivity index (χ4v) is 0.895. The number of carbonyl (C=O) groups excluding carboxylic acids is 1. The summed E-state index contributed by atoms with van der Waals surface area (Å²) >= 11 is 0. The molecule has 1 aliphatic carbocycles. The lowest BCUT2D eigenvalue weighted by Crippen LogP contribution is -2.21. The van der Waals surface area contributed by atoms with E-state index in [0.29, 0.717) is 0 Å². The summed E-state index contributed by atoms with van der Waals surface area (Å²) in [5.41, 5.74) is 0. The molecule has 0 bridgehead atoms. The van der Waals surface area contributed by atoms with E-state index < -0.39 is 30.4 Å². The van der Waals surface area contributed by atoms with Crippen LogP contribution in [0.25, 0.3) is 0 Å². The molecule has 0 aromatic carbocycles. The van der Waals surface area contributed by atoms with Gasteiger partial charge in [0.25, 0.3) is 0 Å². The van der Waals surface area contributed by atoms with Crippen LogP contribution < -0.4 is 0 Å². The van der Waals surface area contributed by atoms with Gasteiger partial charge in [-0.2, -0.15) is 5.26 Å². The highest BCUT2D eigenvalue weighted by molar-refractivity contribution is 5.79. The zero-order chi connectivity index (χ0) is 11.1. The smallest absolute Gasteiger partial charge is 0.133 e. The predicted octanol–water partition coefficient (Wildman–Crippen LogP) is 1.52. The van der Waals surface area contributed by atoms with Gasteiger partial charge in [-0.25, -0.2) is 0 Å². The Labute approximate surface area is 66.5 Å². The second kappa shape index (κ2) is 2.83. The van der Waals surface area contributed by atoms with Crippen LogP contribution in [0.15, 0.2) is 0 Å². The van der Waals surface area contributed by atoms with Gasteiger partial charge < -0.3 is 0 Å². The Hall–Kier alpha value is -0.840. The minimum absolute atomic E-state index is 0.205. The van der Waals surface area contributed by atoms with Crippen molar-refractivity contribution in [3.8, 4) is 6.07 Å². The number of hydrogen-bond donors (Lipinski definition) is 0. The third-order valence-corrected chi connectivity index (χ3v) is 1.61. The molecular formula is C8H11NO. The Morgan fingerprint density at radius 2 is 2.60 bits per heavy atom. The quantitative estimate of drug-likeness (QED) is 0.513. The standard InChI is InChI=1S/C8H11NO/c1-6-4-8(10)3-2-7(6)5-9/h6-7H,2-4H2,1H3/t6-,7-/m0/s1/i3D2,4D2. The van der Waals surface area contributed by atoms with Crippen LogP contribution in [0.2, 0.25) is 0 Å². The molecular weight excluding hydrogens is 126 g/mol. The maximum absolute atomic E-state index is 11.4. The second-order valence-corrected chi connectivity index (χ2v) is 2.38. The van der Waals surface area contributed by atoms with Gasteiger partial charge in [0, 0.05) is 24.1 Å². The van der Waals surface area contributed by atoms with Crippen LogP contribution in [0.1, 0.15) is 31.6 Å². The zero-order valence-corrected chi connectivity index (χ0v) is 5.72. The number of nitrogens with zero attached hydrogens (tertiary/aromatic N) is 1. The van der Waals surface area contributed by atoms with Crippen LogP contribution >= 0.6 is 0 Å². The fraction of sp³-hybridized carbons (Fsp3) is 0.750. The Morgan fingerprint density at radius 1 is 1.90 bits per heavy atom. The van der Waals surface area contributed by atoms with Crippen LogP contribution in [-0.4, -0.2) is 5.78 Å². The first-order valence-electron chi connectivity index (χ1n) is 5.18. The molecule has 2 nitrogen and oxygen atoms in total. The molecule has 10 heavy (non-hydrogen) atoms. The normalized spacial score (nSPS) is 49.4. The van der Waals surface area contributed by atoms with Crippen LogP contribution in [0.4, 0.5) is 0 Å². The maximum Gasteiger partial charge on any atom is 0.133 e. The van der Waals surface area contributed by atoms with E-state index in [2.05, 4.69) is 0 Å². The van der Waals surface area contributed by atoms with Crippen LogP contribution in [0, 0.1) is 23.2 Å². The summed E-state index contributed by atoms with van der Waals surface area (Å²) in [5.74, 6) is -2.52. The average molecular weight is 141 g/mol. The van der Waals surface area contributed by atoms with Gasteiger partial charge in [-0.1, -0.05) is 6.92 Å². The molecule has 0 radical (unpaired) electrons. The van der Waals surface area contributed by atoms with Crippen molar-refractivity contribution >= 4 is 5.78 Å². The number of rotatable bonds is 0. The molecule has 2 atom stereocenters. The first-order valence-corrected chi connectivity index (χ1v) is 3.18. The molecule has 54 valence electrons. The Balaban J connectivity index is 3.11. The average Bonchev–Trinajstić information content (AvgIpc) is 2.09. The van der Waals surface area contributed by atoms with Gasteiger partial charge in [0.15, 0.2) is 0 Å². The Kier molecular flexibility index (Phi) is 0.996. The largest absolute Gasteiger partial charge is 0.300 e. The molecule has 0 unspecified atom stereocenters. The highest BCUT2D eigenvalue weighted by atomic mass is 16.1. The van der Waals surface area contributed by atoms with Gasteiger partial charge >= 0.3 is 0 Å². The molecule has 0 saturated heterocycles. The summed E-state index contributed by atoms with van der Waals surface area (Å²) in [6.45, 7) is 1.47. The third-order valence-electron chi connectivity index (χ3n) is 1.61. The van der Waals surface area contributed by atoms with E-state index in [1.165, 1.54) is 6.92 Å². The van der Waals surface area contributed by atoms with E-state index in [-0.39, 0.29) is 6.42 Å². The topological polar surface area (TPSA) is 40.9 Å². The van der Waals surface area contributed by atoms with E-state index in [4.69, 9.17) is 10.7 Å². The van der Waals surface area contributed by atoms with E-state index in [1.807, 2.05) is 6.07 Å². The number of hydrogen-bond acceptors (Lipinski definition) is 2. The molecule has 1 saturated carbocycles. The molecule has 1 aliphatic rings.